The molecule has 6 nitrogen and oxygen atoms in total. The molecule has 0 atom stereocenters. The maximum atomic E-state index is 11.7. The van der Waals surface area contributed by atoms with E-state index in [1.807, 2.05) is 31.2 Å². The highest BCUT2D eigenvalue weighted by Gasteiger charge is 2.05. The Morgan fingerprint density at radius 1 is 1.08 bits per heavy atom. The Morgan fingerprint density at radius 3 is 2.42 bits per heavy atom. The molecule has 0 radical (unpaired) electrons. The third-order valence-corrected chi connectivity index (χ3v) is 4.04. The predicted molar refractivity (Wildman–Crippen MR) is 94.4 cm³/mol. The summed E-state index contributed by atoms with van der Waals surface area (Å²) in [5.41, 5.74) is 1.69. The minimum absolute atomic E-state index is 0.0687. The lowest BCUT2D eigenvalue weighted by molar-refractivity contribution is 0.252. The zero-order chi connectivity index (χ0) is 17.6. The largest absolute Gasteiger partial charge is 0.457 e. The first-order valence-electron chi connectivity index (χ1n) is 7.39. The van der Waals surface area contributed by atoms with Crippen molar-refractivity contribution >= 4 is 21.6 Å². The molecule has 24 heavy (non-hydrogen) atoms. The van der Waals surface area contributed by atoms with E-state index in [2.05, 4.69) is 10.6 Å². The minimum Gasteiger partial charge on any atom is -0.457 e. The number of carbonyl (C=O) groups excluding carboxylic acids is 1. The second-order valence-corrected chi connectivity index (χ2v) is 7.71. The molecule has 0 heterocycles. The molecule has 0 aliphatic rings. The quantitative estimate of drug-likeness (QED) is 0.840. The molecule has 0 aliphatic heterocycles. The molecule has 0 unspecified atom stereocenters. The van der Waals surface area contributed by atoms with Gasteiger partial charge in [0.25, 0.3) is 0 Å². The van der Waals surface area contributed by atoms with Crippen LogP contribution in [0.1, 0.15) is 5.56 Å². The number of hydrogen-bond donors (Lipinski definition) is 2. The van der Waals surface area contributed by atoms with E-state index in [1.54, 1.807) is 24.3 Å². The predicted octanol–water partition coefficient (Wildman–Crippen LogP) is 2.95. The Hall–Kier alpha value is -2.54. The summed E-state index contributed by atoms with van der Waals surface area (Å²) < 4.78 is 27.7. The van der Waals surface area contributed by atoms with E-state index in [9.17, 15) is 13.2 Å². The normalized spacial score (nSPS) is 10.9. The number of ether oxygens (including phenoxy) is 1. The number of amides is 2. The summed E-state index contributed by atoms with van der Waals surface area (Å²) >= 11 is 0. The summed E-state index contributed by atoms with van der Waals surface area (Å²) in [6, 6.07) is 14.2. The van der Waals surface area contributed by atoms with E-state index in [0.717, 1.165) is 17.6 Å². The van der Waals surface area contributed by atoms with Gasteiger partial charge in [0.1, 0.15) is 21.3 Å². The van der Waals surface area contributed by atoms with E-state index in [4.69, 9.17) is 4.74 Å². The molecule has 0 spiro atoms. The SMILES string of the molecule is Cc1cccc(Oc2ccc(NC(=O)NCCS(C)(=O)=O)cc2)c1. The van der Waals surface area contributed by atoms with Gasteiger partial charge in [0, 0.05) is 18.5 Å². The minimum atomic E-state index is -3.09. The molecule has 0 saturated heterocycles. The van der Waals surface area contributed by atoms with E-state index >= 15 is 0 Å². The summed E-state index contributed by atoms with van der Waals surface area (Å²) in [5.74, 6) is 1.31. The van der Waals surface area contributed by atoms with Crippen molar-refractivity contribution in [1.82, 2.24) is 5.32 Å². The first-order valence-corrected chi connectivity index (χ1v) is 9.45. The fourth-order valence-corrected chi connectivity index (χ4v) is 2.42. The van der Waals surface area contributed by atoms with Gasteiger partial charge in [0.05, 0.1) is 5.75 Å². The first kappa shape index (κ1) is 17.8. The molecule has 0 aromatic heterocycles. The van der Waals surface area contributed by atoms with Crippen molar-refractivity contribution in [2.75, 3.05) is 23.9 Å². The van der Waals surface area contributed by atoms with Crippen LogP contribution in [0.15, 0.2) is 48.5 Å². The average molecular weight is 348 g/mol. The monoisotopic (exact) mass is 348 g/mol. The summed E-state index contributed by atoms with van der Waals surface area (Å²) in [6.07, 6.45) is 1.12. The summed E-state index contributed by atoms with van der Waals surface area (Å²) in [7, 11) is -3.09. The van der Waals surface area contributed by atoms with Crippen LogP contribution in [0, 0.1) is 6.92 Å². The second kappa shape index (κ2) is 7.83. The van der Waals surface area contributed by atoms with Gasteiger partial charge in [-0.2, -0.15) is 0 Å². The van der Waals surface area contributed by atoms with Gasteiger partial charge in [-0.15, -0.1) is 0 Å². The molecule has 0 fully saturated rings. The van der Waals surface area contributed by atoms with E-state index in [1.165, 1.54) is 0 Å². The molecule has 0 saturated carbocycles. The van der Waals surface area contributed by atoms with Crippen molar-refractivity contribution in [2.45, 2.75) is 6.92 Å². The van der Waals surface area contributed by atoms with Gasteiger partial charge in [-0.3, -0.25) is 0 Å². The summed E-state index contributed by atoms with van der Waals surface area (Å²) in [6.45, 7) is 2.06. The van der Waals surface area contributed by atoms with Crippen LogP contribution in [0.5, 0.6) is 11.5 Å². The molecule has 2 N–H and O–H groups in total. The Kier molecular flexibility index (Phi) is 5.81. The number of sulfone groups is 1. The lowest BCUT2D eigenvalue weighted by atomic mass is 10.2. The van der Waals surface area contributed by atoms with Gasteiger partial charge in [0.15, 0.2) is 0 Å². The fraction of sp³-hybridized carbons (Fsp3) is 0.235. The summed E-state index contributed by atoms with van der Waals surface area (Å²) in [4.78, 5) is 11.7. The lowest BCUT2D eigenvalue weighted by Crippen LogP contribution is -2.32. The number of anilines is 1. The van der Waals surface area contributed by atoms with Crippen LogP contribution in [-0.4, -0.2) is 33.0 Å². The fourth-order valence-electron chi connectivity index (χ4n) is 1.95. The van der Waals surface area contributed by atoms with Crippen molar-refractivity contribution < 1.29 is 17.9 Å². The third kappa shape index (κ3) is 6.29. The zero-order valence-electron chi connectivity index (χ0n) is 13.6. The molecular weight excluding hydrogens is 328 g/mol. The number of aryl methyl sites for hydroxylation is 1. The van der Waals surface area contributed by atoms with Crippen LogP contribution >= 0.6 is 0 Å². The van der Waals surface area contributed by atoms with Gasteiger partial charge in [0.2, 0.25) is 0 Å². The second-order valence-electron chi connectivity index (χ2n) is 5.45. The lowest BCUT2D eigenvalue weighted by Gasteiger charge is -2.09. The average Bonchev–Trinajstić information content (AvgIpc) is 2.48. The van der Waals surface area contributed by atoms with Gasteiger partial charge < -0.3 is 15.4 Å². The molecule has 2 amide bonds. The highest BCUT2D eigenvalue weighted by atomic mass is 32.2. The van der Waals surface area contributed by atoms with E-state index < -0.39 is 15.9 Å². The number of hydrogen-bond acceptors (Lipinski definition) is 4. The standard InChI is InChI=1S/C17H20N2O4S/c1-13-4-3-5-16(12-13)23-15-8-6-14(7-9-15)19-17(20)18-10-11-24(2,21)22/h3-9,12H,10-11H2,1-2H3,(H2,18,19,20). The molecule has 0 bridgehead atoms. The smallest absolute Gasteiger partial charge is 0.319 e. The molecule has 128 valence electrons. The molecule has 2 rings (SSSR count). The van der Waals surface area contributed by atoms with E-state index in [0.29, 0.717) is 11.4 Å². The van der Waals surface area contributed by atoms with Crippen molar-refractivity contribution in [1.29, 1.82) is 0 Å². The van der Waals surface area contributed by atoms with Crippen LogP contribution < -0.4 is 15.4 Å². The maximum Gasteiger partial charge on any atom is 0.319 e. The van der Waals surface area contributed by atoms with Crippen LogP contribution in [0.3, 0.4) is 0 Å². The van der Waals surface area contributed by atoms with Crippen LogP contribution in [0.2, 0.25) is 0 Å². The zero-order valence-corrected chi connectivity index (χ0v) is 14.4. The van der Waals surface area contributed by atoms with Crippen molar-refractivity contribution in [2.24, 2.45) is 0 Å². The summed E-state index contributed by atoms with van der Waals surface area (Å²) in [5, 5.41) is 5.12. The van der Waals surface area contributed by atoms with Gasteiger partial charge >= 0.3 is 6.03 Å². The van der Waals surface area contributed by atoms with Gasteiger partial charge in [-0.1, -0.05) is 12.1 Å². The number of urea groups is 1. The number of carbonyl (C=O) groups is 1. The van der Waals surface area contributed by atoms with Crippen molar-refractivity contribution in [3.63, 3.8) is 0 Å². The Labute approximate surface area is 141 Å². The van der Waals surface area contributed by atoms with Crippen LogP contribution in [-0.2, 0) is 9.84 Å². The number of nitrogens with one attached hydrogen (secondary N) is 2. The Morgan fingerprint density at radius 2 is 1.79 bits per heavy atom. The van der Waals surface area contributed by atoms with Gasteiger partial charge in [-0.05, 0) is 48.9 Å². The van der Waals surface area contributed by atoms with Crippen molar-refractivity contribution in [3.05, 3.63) is 54.1 Å². The highest BCUT2D eigenvalue weighted by Crippen LogP contribution is 2.23. The molecule has 7 heteroatoms. The van der Waals surface area contributed by atoms with Gasteiger partial charge in [-0.25, -0.2) is 13.2 Å². The molecule has 0 aliphatic carbocycles. The third-order valence-electron chi connectivity index (χ3n) is 3.10. The molecule has 2 aromatic rings. The maximum absolute atomic E-state index is 11.7. The molecular formula is C17H20N2O4S. The molecule has 2 aromatic carbocycles. The van der Waals surface area contributed by atoms with Crippen molar-refractivity contribution in [3.8, 4) is 11.5 Å². The van der Waals surface area contributed by atoms with Crippen LogP contribution in [0.25, 0.3) is 0 Å². The Bertz CT molecular complexity index is 802. The number of benzene rings is 2. The van der Waals surface area contributed by atoms with Crippen LogP contribution in [0.4, 0.5) is 10.5 Å². The topological polar surface area (TPSA) is 84.5 Å². The number of rotatable bonds is 6. The first-order chi connectivity index (χ1) is 11.3. The van der Waals surface area contributed by atoms with E-state index in [-0.39, 0.29) is 12.3 Å². The Balaban J connectivity index is 1.86. The highest BCUT2D eigenvalue weighted by molar-refractivity contribution is 7.90.